The highest BCUT2D eigenvalue weighted by atomic mass is 32.2. The molecule has 1 N–H and O–H groups in total. The van der Waals surface area contributed by atoms with E-state index in [2.05, 4.69) is 5.32 Å². The number of piperidine rings is 1. The van der Waals surface area contributed by atoms with Gasteiger partial charge in [0.25, 0.3) is 5.91 Å². The summed E-state index contributed by atoms with van der Waals surface area (Å²) in [7, 11) is -3.56. The minimum atomic E-state index is -3.56. The Kier molecular flexibility index (Phi) is 7.11. The highest BCUT2D eigenvalue weighted by Crippen LogP contribution is 2.29. The first-order chi connectivity index (χ1) is 16.0. The Balaban J connectivity index is 1.49. The van der Waals surface area contributed by atoms with E-state index in [4.69, 9.17) is 4.74 Å². The molecule has 1 aliphatic rings. The van der Waals surface area contributed by atoms with Gasteiger partial charge in [-0.25, -0.2) is 8.42 Å². The Hall–Kier alpha value is -3.16. The van der Waals surface area contributed by atoms with Crippen LogP contribution in [0.2, 0.25) is 0 Å². The Morgan fingerprint density at radius 2 is 1.67 bits per heavy atom. The van der Waals surface area contributed by atoms with E-state index in [9.17, 15) is 13.2 Å². The number of sulfonamides is 1. The fourth-order valence-electron chi connectivity index (χ4n) is 4.10. The maximum absolute atomic E-state index is 13.2. The van der Waals surface area contributed by atoms with Crippen LogP contribution in [0.25, 0.3) is 0 Å². The molecule has 0 radical (unpaired) electrons. The van der Waals surface area contributed by atoms with Gasteiger partial charge in [-0.1, -0.05) is 43.7 Å². The van der Waals surface area contributed by atoms with Crippen molar-refractivity contribution in [1.29, 1.82) is 0 Å². The summed E-state index contributed by atoms with van der Waals surface area (Å²) >= 11 is 0. The first kappa shape index (κ1) is 23.0. The average molecular weight is 465 g/mol. The zero-order valence-corrected chi connectivity index (χ0v) is 19.4. The number of carbonyl (C=O) groups excluding carboxylic acids is 1. The van der Waals surface area contributed by atoms with E-state index in [0.717, 1.165) is 25.7 Å². The second-order valence-corrected chi connectivity index (χ2v) is 9.95. The number of hydrogen-bond donors (Lipinski definition) is 1. The van der Waals surface area contributed by atoms with E-state index in [0.29, 0.717) is 29.3 Å². The van der Waals surface area contributed by atoms with E-state index in [1.165, 1.54) is 0 Å². The zero-order chi connectivity index (χ0) is 23.3. The average Bonchev–Trinajstić information content (AvgIpc) is 2.85. The summed E-state index contributed by atoms with van der Waals surface area (Å²) in [6, 6.07) is 22.6. The van der Waals surface area contributed by atoms with Crippen molar-refractivity contribution in [3.05, 3.63) is 84.4 Å². The van der Waals surface area contributed by atoms with Gasteiger partial charge in [-0.05, 0) is 67.8 Å². The van der Waals surface area contributed by atoms with Gasteiger partial charge in [-0.2, -0.15) is 4.31 Å². The molecule has 1 saturated heterocycles. The summed E-state index contributed by atoms with van der Waals surface area (Å²) in [6.07, 6.45) is 3.64. The van der Waals surface area contributed by atoms with E-state index in [1.807, 2.05) is 37.3 Å². The lowest BCUT2D eigenvalue weighted by atomic mass is 10.0. The molecule has 0 saturated carbocycles. The predicted octanol–water partition coefficient (Wildman–Crippen LogP) is 5.68. The summed E-state index contributed by atoms with van der Waals surface area (Å²) in [5.74, 6) is 0.741. The minimum absolute atomic E-state index is 0.0456. The van der Waals surface area contributed by atoms with Crippen LogP contribution in [-0.2, 0) is 10.0 Å². The van der Waals surface area contributed by atoms with Gasteiger partial charge in [0.1, 0.15) is 11.5 Å². The molecule has 1 aliphatic heterocycles. The largest absolute Gasteiger partial charge is 0.457 e. The predicted molar refractivity (Wildman–Crippen MR) is 129 cm³/mol. The van der Waals surface area contributed by atoms with Gasteiger partial charge in [0.15, 0.2) is 0 Å². The van der Waals surface area contributed by atoms with Crippen LogP contribution >= 0.6 is 0 Å². The molecule has 1 fully saturated rings. The fraction of sp³-hybridized carbons (Fsp3) is 0.269. The summed E-state index contributed by atoms with van der Waals surface area (Å²) in [6.45, 7) is 2.58. The lowest BCUT2D eigenvalue weighted by molar-refractivity contribution is 0.102. The normalized spacial score (nSPS) is 16.8. The molecule has 4 rings (SSSR count). The van der Waals surface area contributed by atoms with Crippen molar-refractivity contribution in [2.75, 3.05) is 11.9 Å². The van der Waals surface area contributed by atoms with Gasteiger partial charge >= 0.3 is 0 Å². The Morgan fingerprint density at radius 3 is 2.39 bits per heavy atom. The smallest absolute Gasteiger partial charge is 0.259 e. The van der Waals surface area contributed by atoms with Crippen LogP contribution in [0.5, 0.6) is 11.5 Å². The van der Waals surface area contributed by atoms with E-state index in [1.54, 1.807) is 52.8 Å². The summed E-state index contributed by atoms with van der Waals surface area (Å²) in [5, 5.41) is 2.84. The molecule has 1 unspecified atom stereocenters. The van der Waals surface area contributed by atoms with Crippen molar-refractivity contribution in [3.8, 4) is 11.5 Å². The van der Waals surface area contributed by atoms with Crippen LogP contribution in [0, 0.1) is 0 Å². The van der Waals surface area contributed by atoms with Gasteiger partial charge in [0, 0.05) is 18.3 Å². The number of ether oxygens (including phenoxy) is 1. The quantitative estimate of drug-likeness (QED) is 0.488. The van der Waals surface area contributed by atoms with Crippen molar-refractivity contribution >= 4 is 21.6 Å². The molecule has 0 aromatic heterocycles. The summed E-state index contributed by atoms with van der Waals surface area (Å²) in [4.78, 5) is 13.2. The molecule has 3 aromatic carbocycles. The van der Waals surface area contributed by atoms with Gasteiger partial charge < -0.3 is 10.1 Å². The molecule has 0 aliphatic carbocycles. The Bertz CT molecular complexity index is 1190. The number of hydrogen-bond acceptors (Lipinski definition) is 4. The molecule has 33 heavy (non-hydrogen) atoms. The molecule has 1 heterocycles. The van der Waals surface area contributed by atoms with Crippen LogP contribution in [0.4, 0.5) is 5.69 Å². The summed E-state index contributed by atoms with van der Waals surface area (Å²) in [5.41, 5.74) is 0.899. The molecule has 1 atom stereocenters. The fourth-order valence-corrected chi connectivity index (χ4v) is 5.87. The highest BCUT2D eigenvalue weighted by Gasteiger charge is 2.32. The van der Waals surface area contributed by atoms with Crippen molar-refractivity contribution in [2.45, 2.75) is 43.5 Å². The number of amides is 1. The standard InChI is InChI=1S/C26H28N2O4S/c1-2-21-10-8-9-19-28(21)33(30,31)23-17-15-20(16-18-23)27-26(29)24-13-6-7-14-25(24)32-22-11-4-3-5-12-22/h3-7,11-18,21H,2,8-10,19H2,1H3,(H,27,29). The van der Waals surface area contributed by atoms with Crippen molar-refractivity contribution < 1.29 is 17.9 Å². The third kappa shape index (κ3) is 5.26. The Morgan fingerprint density at radius 1 is 0.970 bits per heavy atom. The molecular formula is C26H28N2O4S. The number of carbonyl (C=O) groups is 1. The van der Waals surface area contributed by atoms with Crippen molar-refractivity contribution in [2.24, 2.45) is 0 Å². The molecule has 7 heteroatoms. The molecule has 0 spiro atoms. The van der Waals surface area contributed by atoms with Crippen LogP contribution < -0.4 is 10.1 Å². The van der Waals surface area contributed by atoms with E-state index in [-0.39, 0.29) is 16.8 Å². The molecule has 1 amide bonds. The van der Waals surface area contributed by atoms with E-state index < -0.39 is 10.0 Å². The van der Waals surface area contributed by atoms with Crippen LogP contribution in [-0.4, -0.2) is 31.2 Å². The third-order valence-electron chi connectivity index (χ3n) is 5.87. The lowest BCUT2D eigenvalue weighted by Crippen LogP contribution is -2.43. The maximum Gasteiger partial charge on any atom is 0.259 e. The minimum Gasteiger partial charge on any atom is -0.457 e. The van der Waals surface area contributed by atoms with Gasteiger partial charge in [0.05, 0.1) is 10.5 Å². The monoisotopic (exact) mass is 464 g/mol. The number of anilines is 1. The SMILES string of the molecule is CCC1CCCCN1S(=O)(=O)c1ccc(NC(=O)c2ccccc2Oc2ccccc2)cc1. The van der Waals surface area contributed by atoms with Crippen LogP contribution in [0.1, 0.15) is 43.0 Å². The molecule has 172 valence electrons. The summed E-state index contributed by atoms with van der Waals surface area (Å²) < 4.78 is 33.8. The number of benzene rings is 3. The first-order valence-electron chi connectivity index (χ1n) is 11.2. The van der Waals surface area contributed by atoms with Crippen LogP contribution in [0.15, 0.2) is 83.8 Å². The Labute approximate surface area is 195 Å². The molecule has 3 aromatic rings. The van der Waals surface area contributed by atoms with E-state index >= 15 is 0 Å². The number of nitrogens with one attached hydrogen (secondary N) is 1. The zero-order valence-electron chi connectivity index (χ0n) is 18.6. The van der Waals surface area contributed by atoms with Gasteiger partial charge in [-0.15, -0.1) is 0 Å². The van der Waals surface area contributed by atoms with Crippen molar-refractivity contribution in [1.82, 2.24) is 4.31 Å². The van der Waals surface area contributed by atoms with Gasteiger partial charge in [-0.3, -0.25) is 4.79 Å². The van der Waals surface area contributed by atoms with Crippen LogP contribution in [0.3, 0.4) is 0 Å². The third-order valence-corrected chi connectivity index (χ3v) is 7.83. The number of rotatable bonds is 7. The second-order valence-electron chi connectivity index (χ2n) is 8.06. The molecular weight excluding hydrogens is 436 g/mol. The number of para-hydroxylation sites is 2. The topological polar surface area (TPSA) is 75.7 Å². The first-order valence-corrected chi connectivity index (χ1v) is 12.7. The van der Waals surface area contributed by atoms with Crippen molar-refractivity contribution in [3.63, 3.8) is 0 Å². The number of nitrogens with zero attached hydrogens (tertiary/aromatic N) is 1. The lowest BCUT2D eigenvalue weighted by Gasteiger charge is -2.34. The molecule has 0 bridgehead atoms. The molecule has 6 nitrogen and oxygen atoms in total. The highest BCUT2D eigenvalue weighted by molar-refractivity contribution is 7.89. The van der Waals surface area contributed by atoms with Gasteiger partial charge in [0.2, 0.25) is 10.0 Å². The second kappa shape index (κ2) is 10.2. The maximum atomic E-state index is 13.2.